The summed E-state index contributed by atoms with van der Waals surface area (Å²) in [6.45, 7) is 3.77. The highest BCUT2D eigenvalue weighted by Crippen LogP contribution is 2.28. The zero-order chi connectivity index (χ0) is 16.9. The molecule has 1 unspecified atom stereocenters. The SMILES string of the molecule is CC(CC1CCCCC1)NC(=O)[C@@H]1CC[C@H](C(=O)N2CCCC2)O1. The van der Waals surface area contributed by atoms with Gasteiger partial charge in [0, 0.05) is 19.1 Å². The van der Waals surface area contributed by atoms with E-state index in [1.165, 1.54) is 32.1 Å². The number of hydrogen-bond acceptors (Lipinski definition) is 3. The van der Waals surface area contributed by atoms with Crippen LogP contribution in [0.15, 0.2) is 0 Å². The third kappa shape index (κ3) is 4.50. The molecule has 0 radical (unpaired) electrons. The van der Waals surface area contributed by atoms with E-state index in [1.807, 2.05) is 4.90 Å². The molecule has 2 heterocycles. The van der Waals surface area contributed by atoms with Gasteiger partial charge in [-0.3, -0.25) is 9.59 Å². The number of likely N-dealkylation sites (tertiary alicyclic amines) is 1. The summed E-state index contributed by atoms with van der Waals surface area (Å²) in [5.74, 6) is 0.802. The Morgan fingerprint density at radius 3 is 2.38 bits per heavy atom. The molecule has 0 aromatic heterocycles. The summed E-state index contributed by atoms with van der Waals surface area (Å²) in [6.07, 6.45) is 10.3. The van der Waals surface area contributed by atoms with Crippen molar-refractivity contribution in [2.45, 2.75) is 89.4 Å². The Balaban J connectivity index is 1.41. The van der Waals surface area contributed by atoms with Crippen molar-refractivity contribution in [1.82, 2.24) is 10.2 Å². The van der Waals surface area contributed by atoms with E-state index in [0.29, 0.717) is 12.8 Å². The third-order valence-corrected chi connectivity index (χ3v) is 5.81. The molecule has 1 aliphatic carbocycles. The minimum Gasteiger partial charge on any atom is -0.355 e. The summed E-state index contributed by atoms with van der Waals surface area (Å²) in [7, 11) is 0. The van der Waals surface area contributed by atoms with E-state index < -0.39 is 12.2 Å². The van der Waals surface area contributed by atoms with Crippen LogP contribution in [0.2, 0.25) is 0 Å². The molecule has 2 aliphatic heterocycles. The molecule has 5 heteroatoms. The fraction of sp³-hybridized carbons (Fsp3) is 0.895. The number of amides is 2. The molecule has 3 rings (SSSR count). The van der Waals surface area contributed by atoms with Crippen LogP contribution >= 0.6 is 0 Å². The number of carbonyl (C=O) groups is 2. The average molecular weight is 336 g/mol. The van der Waals surface area contributed by atoms with Gasteiger partial charge in [0.2, 0.25) is 5.91 Å². The molecule has 2 saturated heterocycles. The standard InChI is InChI=1S/C19H32N2O3/c1-14(13-15-7-3-2-4-8-15)20-18(22)16-9-10-17(24-16)19(23)21-11-5-6-12-21/h14-17H,2-13H2,1H3,(H,20,22)/t14?,16-,17+/m0/s1. The lowest BCUT2D eigenvalue weighted by molar-refractivity contribution is -0.145. The normalized spacial score (nSPS) is 29.6. The van der Waals surface area contributed by atoms with Gasteiger partial charge in [-0.2, -0.15) is 0 Å². The van der Waals surface area contributed by atoms with Crippen LogP contribution in [0.5, 0.6) is 0 Å². The minimum absolute atomic E-state index is 0.0324. The first-order chi connectivity index (χ1) is 11.6. The molecule has 2 amide bonds. The molecule has 0 bridgehead atoms. The fourth-order valence-corrected chi connectivity index (χ4v) is 4.47. The highest BCUT2D eigenvalue weighted by Gasteiger charge is 2.37. The second-order valence-electron chi connectivity index (χ2n) is 7.87. The highest BCUT2D eigenvalue weighted by molar-refractivity contribution is 5.85. The van der Waals surface area contributed by atoms with E-state index in [9.17, 15) is 9.59 Å². The Bertz CT molecular complexity index is 442. The van der Waals surface area contributed by atoms with Crippen molar-refractivity contribution >= 4 is 11.8 Å². The first kappa shape index (κ1) is 17.7. The van der Waals surface area contributed by atoms with E-state index >= 15 is 0 Å². The van der Waals surface area contributed by atoms with Gasteiger partial charge in [0.25, 0.3) is 5.91 Å². The summed E-state index contributed by atoms with van der Waals surface area (Å²) in [4.78, 5) is 26.7. The van der Waals surface area contributed by atoms with Gasteiger partial charge in [-0.25, -0.2) is 0 Å². The maximum Gasteiger partial charge on any atom is 0.251 e. The molecule has 0 aromatic carbocycles. The van der Waals surface area contributed by atoms with Gasteiger partial charge < -0.3 is 15.0 Å². The zero-order valence-corrected chi connectivity index (χ0v) is 15.0. The van der Waals surface area contributed by atoms with E-state index in [0.717, 1.165) is 38.3 Å². The molecule has 1 saturated carbocycles. The number of ether oxygens (including phenoxy) is 1. The van der Waals surface area contributed by atoms with Gasteiger partial charge in [-0.15, -0.1) is 0 Å². The lowest BCUT2D eigenvalue weighted by Crippen LogP contribution is -2.42. The van der Waals surface area contributed by atoms with Crippen LogP contribution in [-0.4, -0.2) is 48.1 Å². The molecule has 3 fully saturated rings. The Morgan fingerprint density at radius 2 is 1.67 bits per heavy atom. The molecular formula is C19H32N2O3. The van der Waals surface area contributed by atoms with Crippen LogP contribution in [0.25, 0.3) is 0 Å². The highest BCUT2D eigenvalue weighted by atomic mass is 16.5. The minimum atomic E-state index is -0.449. The van der Waals surface area contributed by atoms with Crippen LogP contribution in [0, 0.1) is 5.92 Å². The predicted octanol–water partition coefficient (Wildman–Crippen LogP) is 2.63. The maximum absolute atomic E-state index is 12.4. The second kappa shape index (κ2) is 8.32. The van der Waals surface area contributed by atoms with Crippen molar-refractivity contribution in [3.63, 3.8) is 0 Å². The lowest BCUT2D eigenvalue weighted by Gasteiger charge is -2.26. The summed E-state index contributed by atoms with van der Waals surface area (Å²) in [6, 6.07) is 0.192. The Hall–Kier alpha value is -1.10. The number of nitrogens with one attached hydrogen (secondary N) is 1. The Labute approximate surface area is 145 Å². The van der Waals surface area contributed by atoms with E-state index in [-0.39, 0.29) is 17.9 Å². The summed E-state index contributed by atoms with van der Waals surface area (Å²) < 4.78 is 5.79. The van der Waals surface area contributed by atoms with Crippen LogP contribution in [0.4, 0.5) is 0 Å². The molecule has 1 N–H and O–H groups in total. The Kier molecular flexibility index (Phi) is 6.14. The van der Waals surface area contributed by atoms with Crippen molar-refractivity contribution in [1.29, 1.82) is 0 Å². The molecular weight excluding hydrogens is 304 g/mol. The molecule has 0 aromatic rings. The monoisotopic (exact) mass is 336 g/mol. The topological polar surface area (TPSA) is 58.6 Å². The number of nitrogens with zero attached hydrogens (tertiary/aromatic N) is 1. The van der Waals surface area contributed by atoms with Crippen molar-refractivity contribution in [2.75, 3.05) is 13.1 Å². The fourth-order valence-electron chi connectivity index (χ4n) is 4.47. The van der Waals surface area contributed by atoms with Crippen molar-refractivity contribution in [3.8, 4) is 0 Å². The van der Waals surface area contributed by atoms with Gasteiger partial charge in [-0.1, -0.05) is 32.1 Å². The lowest BCUT2D eigenvalue weighted by atomic mass is 9.85. The maximum atomic E-state index is 12.4. The number of carbonyl (C=O) groups excluding carboxylic acids is 2. The number of hydrogen-bond donors (Lipinski definition) is 1. The average Bonchev–Trinajstić information content (AvgIpc) is 3.27. The summed E-state index contributed by atoms with van der Waals surface area (Å²) in [5.41, 5.74) is 0. The molecule has 3 aliphatic rings. The number of rotatable bonds is 5. The molecule has 24 heavy (non-hydrogen) atoms. The van der Waals surface area contributed by atoms with Crippen molar-refractivity contribution in [3.05, 3.63) is 0 Å². The first-order valence-electron chi connectivity index (χ1n) is 9.88. The third-order valence-electron chi connectivity index (χ3n) is 5.81. The summed E-state index contributed by atoms with van der Waals surface area (Å²) >= 11 is 0. The second-order valence-corrected chi connectivity index (χ2v) is 7.87. The van der Waals surface area contributed by atoms with Gasteiger partial charge in [0.15, 0.2) is 0 Å². The smallest absolute Gasteiger partial charge is 0.251 e. The van der Waals surface area contributed by atoms with Gasteiger partial charge in [0.05, 0.1) is 0 Å². The summed E-state index contributed by atoms with van der Waals surface area (Å²) in [5, 5.41) is 3.11. The van der Waals surface area contributed by atoms with E-state index in [4.69, 9.17) is 4.74 Å². The van der Waals surface area contributed by atoms with E-state index in [2.05, 4.69) is 12.2 Å². The van der Waals surface area contributed by atoms with Gasteiger partial charge in [-0.05, 0) is 44.9 Å². The Morgan fingerprint density at radius 1 is 1.00 bits per heavy atom. The van der Waals surface area contributed by atoms with E-state index in [1.54, 1.807) is 0 Å². The molecule has 136 valence electrons. The van der Waals surface area contributed by atoms with Crippen LogP contribution in [0.3, 0.4) is 0 Å². The van der Waals surface area contributed by atoms with Gasteiger partial charge in [0.1, 0.15) is 12.2 Å². The van der Waals surface area contributed by atoms with Crippen LogP contribution in [0.1, 0.15) is 71.1 Å². The quantitative estimate of drug-likeness (QED) is 0.839. The predicted molar refractivity (Wildman–Crippen MR) is 92.5 cm³/mol. The zero-order valence-electron chi connectivity index (χ0n) is 15.0. The molecule has 5 nitrogen and oxygen atoms in total. The molecule has 0 spiro atoms. The first-order valence-corrected chi connectivity index (χ1v) is 9.88. The largest absolute Gasteiger partial charge is 0.355 e. The van der Waals surface area contributed by atoms with Crippen molar-refractivity contribution < 1.29 is 14.3 Å². The van der Waals surface area contributed by atoms with Crippen LogP contribution < -0.4 is 5.32 Å². The molecule has 3 atom stereocenters. The van der Waals surface area contributed by atoms with Crippen LogP contribution in [-0.2, 0) is 14.3 Å². The van der Waals surface area contributed by atoms with Crippen molar-refractivity contribution in [2.24, 2.45) is 5.92 Å². The van der Waals surface area contributed by atoms with Gasteiger partial charge >= 0.3 is 0 Å².